The highest BCUT2D eigenvalue weighted by Gasteiger charge is 2.29. The van der Waals surface area contributed by atoms with E-state index in [-0.39, 0.29) is 23.6 Å². The Morgan fingerprint density at radius 2 is 1.82 bits per heavy atom. The van der Waals surface area contributed by atoms with E-state index in [1.165, 1.54) is 6.07 Å². The van der Waals surface area contributed by atoms with E-state index in [9.17, 15) is 9.90 Å². The average Bonchev–Trinajstić information content (AvgIpc) is 2.49. The molecule has 1 aliphatic rings. The molecule has 1 aromatic carbocycles. The van der Waals surface area contributed by atoms with Crippen molar-refractivity contribution >= 4 is 29.1 Å². The molecule has 0 unspecified atom stereocenters. The molecule has 22 heavy (non-hydrogen) atoms. The van der Waals surface area contributed by atoms with Crippen LogP contribution < -0.4 is 11.5 Å². The van der Waals surface area contributed by atoms with Crippen LogP contribution >= 0.6 is 23.2 Å². The Kier molecular flexibility index (Phi) is 5.55. The summed E-state index contributed by atoms with van der Waals surface area (Å²) in [5.74, 6) is 0.181. The standard InChI is InChI=1S/C15H21Cl2N3O2/c1-8(18)15(22)20-4-2-9(3-5-20)14(19)10-6-11(16)12(17)7-13(10)21/h6-9,14,21H,2-5,18-19H2,1H3/t8-,14-/m1/s1. The monoisotopic (exact) mass is 345 g/mol. The second kappa shape index (κ2) is 7.04. The molecule has 122 valence electrons. The minimum absolute atomic E-state index is 0.0376. The summed E-state index contributed by atoms with van der Waals surface area (Å²) in [6.07, 6.45) is 1.53. The number of phenols is 1. The summed E-state index contributed by atoms with van der Waals surface area (Å²) in [5, 5.41) is 10.7. The highest BCUT2D eigenvalue weighted by atomic mass is 35.5. The zero-order chi connectivity index (χ0) is 16.4. The van der Waals surface area contributed by atoms with Gasteiger partial charge in [-0.15, -0.1) is 0 Å². The summed E-state index contributed by atoms with van der Waals surface area (Å²) in [7, 11) is 0. The largest absolute Gasteiger partial charge is 0.508 e. The number of nitrogens with two attached hydrogens (primary N) is 2. The predicted octanol–water partition coefficient (Wildman–Crippen LogP) is 2.28. The van der Waals surface area contributed by atoms with Crippen molar-refractivity contribution in [2.24, 2.45) is 17.4 Å². The fourth-order valence-corrected chi connectivity index (χ4v) is 3.17. The Balaban J connectivity index is 2.05. The topological polar surface area (TPSA) is 92.6 Å². The number of piperidine rings is 1. The van der Waals surface area contributed by atoms with E-state index in [1.54, 1.807) is 17.9 Å². The molecule has 2 atom stereocenters. The third kappa shape index (κ3) is 3.66. The van der Waals surface area contributed by atoms with Gasteiger partial charge >= 0.3 is 0 Å². The first-order chi connectivity index (χ1) is 10.3. The number of aromatic hydroxyl groups is 1. The van der Waals surface area contributed by atoms with E-state index in [0.717, 1.165) is 12.8 Å². The molecule has 1 saturated heterocycles. The number of hydrogen-bond donors (Lipinski definition) is 3. The lowest BCUT2D eigenvalue weighted by atomic mass is 9.85. The number of carbonyl (C=O) groups excluding carboxylic acids is 1. The molecule has 0 spiro atoms. The first kappa shape index (κ1) is 17.3. The molecule has 0 saturated carbocycles. The molecule has 1 aliphatic heterocycles. The number of rotatable bonds is 3. The van der Waals surface area contributed by atoms with E-state index in [4.69, 9.17) is 34.7 Å². The highest BCUT2D eigenvalue weighted by molar-refractivity contribution is 6.42. The molecule has 1 amide bonds. The van der Waals surface area contributed by atoms with Crippen molar-refractivity contribution in [3.63, 3.8) is 0 Å². The van der Waals surface area contributed by atoms with E-state index < -0.39 is 6.04 Å². The van der Waals surface area contributed by atoms with Gasteiger partial charge in [-0.1, -0.05) is 23.2 Å². The smallest absolute Gasteiger partial charge is 0.239 e. The van der Waals surface area contributed by atoms with Gasteiger partial charge < -0.3 is 21.5 Å². The van der Waals surface area contributed by atoms with Crippen LogP contribution in [0.25, 0.3) is 0 Å². The zero-order valence-corrected chi connectivity index (χ0v) is 13.9. The maximum absolute atomic E-state index is 11.9. The summed E-state index contributed by atoms with van der Waals surface area (Å²) in [6, 6.07) is 2.20. The molecule has 1 aromatic rings. The molecule has 0 aliphatic carbocycles. The fraction of sp³-hybridized carbons (Fsp3) is 0.533. The Morgan fingerprint density at radius 1 is 1.27 bits per heavy atom. The van der Waals surface area contributed by atoms with Crippen molar-refractivity contribution < 1.29 is 9.90 Å². The van der Waals surface area contributed by atoms with Gasteiger partial charge in [0, 0.05) is 30.8 Å². The number of amides is 1. The van der Waals surface area contributed by atoms with Crippen LogP contribution in [-0.2, 0) is 4.79 Å². The molecule has 2 rings (SSSR count). The van der Waals surface area contributed by atoms with Gasteiger partial charge in [0.2, 0.25) is 5.91 Å². The van der Waals surface area contributed by atoms with Crippen molar-refractivity contribution in [3.8, 4) is 5.75 Å². The first-order valence-corrected chi connectivity index (χ1v) is 8.04. The molecule has 0 bridgehead atoms. The Bertz CT molecular complexity index is 558. The lowest BCUT2D eigenvalue weighted by Gasteiger charge is -2.35. The van der Waals surface area contributed by atoms with Crippen LogP contribution in [0.5, 0.6) is 5.75 Å². The van der Waals surface area contributed by atoms with E-state index >= 15 is 0 Å². The zero-order valence-electron chi connectivity index (χ0n) is 12.4. The number of phenolic OH excluding ortho intramolecular Hbond substituents is 1. The molecule has 5 N–H and O–H groups in total. The van der Waals surface area contributed by atoms with E-state index in [2.05, 4.69) is 0 Å². The minimum atomic E-state index is -0.482. The lowest BCUT2D eigenvalue weighted by Crippen LogP contribution is -2.47. The van der Waals surface area contributed by atoms with Crippen LogP contribution in [-0.4, -0.2) is 35.0 Å². The molecular weight excluding hydrogens is 325 g/mol. The summed E-state index contributed by atoms with van der Waals surface area (Å²) < 4.78 is 0. The summed E-state index contributed by atoms with van der Waals surface area (Å²) in [6.45, 7) is 2.94. The van der Waals surface area contributed by atoms with Crippen LogP contribution in [0.15, 0.2) is 12.1 Å². The number of likely N-dealkylation sites (tertiary alicyclic amines) is 1. The summed E-state index contributed by atoms with van der Waals surface area (Å²) in [5.41, 5.74) is 12.5. The van der Waals surface area contributed by atoms with Crippen molar-refractivity contribution in [2.75, 3.05) is 13.1 Å². The molecule has 0 radical (unpaired) electrons. The number of carbonyl (C=O) groups is 1. The number of benzene rings is 1. The molecule has 7 heteroatoms. The van der Waals surface area contributed by atoms with Gasteiger partial charge in [-0.05, 0) is 31.7 Å². The maximum atomic E-state index is 11.9. The van der Waals surface area contributed by atoms with Gasteiger partial charge in [-0.2, -0.15) is 0 Å². The fourth-order valence-electron chi connectivity index (χ4n) is 2.84. The minimum Gasteiger partial charge on any atom is -0.508 e. The van der Waals surface area contributed by atoms with E-state index in [1.807, 2.05) is 0 Å². The normalized spacial score (nSPS) is 19.0. The second-order valence-corrected chi connectivity index (χ2v) is 6.62. The lowest BCUT2D eigenvalue weighted by molar-refractivity contribution is -0.133. The Morgan fingerprint density at radius 3 is 2.36 bits per heavy atom. The number of nitrogens with zero attached hydrogens (tertiary/aromatic N) is 1. The van der Waals surface area contributed by atoms with Crippen molar-refractivity contribution in [3.05, 3.63) is 27.7 Å². The van der Waals surface area contributed by atoms with Gasteiger partial charge in [0.05, 0.1) is 16.1 Å². The quantitative estimate of drug-likeness (QED) is 0.783. The molecule has 1 fully saturated rings. The highest BCUT2D eigenvalue weighted by Crippen LogP contribution is 2.37. The van der Waals surface area contributed by atoms with Crippen LogP contribution in [0, 0.1) is 5.92 Å². The molecule has 5 nitrogen and oxygen atoms in total. The van der Waals surface area contributed by atoms with Crippen LogP contribution in [0.1, 0.15) is 31.4 Å². The predicted molar refractivity (Wildman–Crippen MR) is 88.0 cm³/mol. The Labute approximate surface area is 140 Å². The van der Waals surface area contributed by atoms with Crippen molar-refractivity contribution in [1.29, 1.82) is 0 Å². The maximum Gasteiger partial charge on any atom is 0.239 e. The Hall–Kier alpha value is -1.01. The average molecular weight is 346 g/mol. The second-order valence-electron chi connectivity index (χ2n) is 5.80. The van der Waals surface area contributed by atoms with Gasteiger partial charge in [0.25, 0.3) is 0 Å². The van der Waals surface area contributed by atoms with Gasteiger partial charge in [-0.25, -0.2) is 0 Å². The van der Waals surface area contributed by atoms with Crippen LogP contribution in [0.2, 0.25) is 10.0 Å². The van der Waals surface area contributed by atoms with Crippen LogP contribution in [0.3, 0.4) is 0 Å². The molecule has 0 aromatic heterocycles. The molecule has 1 heterocycles. The number of halogens is 2. The summed E-state index contributed by atoms with van der Waals surface area (Å²) in [4.78, 5) is 13.6. The van der Waals surface area contributed by atoms with Gasteiger partial charge in [0.1, 0.15) is 5.75 Å². The third-order valence-electron chi connectivity index (χ3n) is 4.18. The SMILES string of the molecule is C[C@@H](N)C(=O)N1CCC([C@@H](N)c2cc(Cl)c(Cl)cc2O)CC1. The number of hydrogen-bond acceptors (Lipinski definition) is 4. The van der Waals surface area contributed by atoms with Gasteiger partial charge in [-0.3, -0.25) is 4.79 Å². The van der Waals surface area contributed by atoms with Crippen molar-refractivity contribution in [1.82, 2.24) is 4.90 Å². The summed E-state index contributed by atoms with van der Waals surface area (Å²) >= 11 is 11.9. The van der Waals surface area contributed by atoms with E-state index in [0.29, 0.717) is 28.7 Å². The van der Waals surface area contributed by atoms with Crippen LogP contribution in [0.4, 0.5) is 0 Å². The third-order valence-corrected chi connectivity index (χ3v) is 4.90. The first-order valence-electron chi connectivity index (χ1n) is 7.29. The van der Waals surface area contributed by atoms with Crippen molar-refractivity contribution in [2.45, 2.75) is 31.8 Å². The molecular formula is C15H21Cl2N3O2. The van der Waals surface area contributed by atoms with Gasteiger partial charge in [0.15, 0.2) is 0 Å².